The second kappa shape index (κ2) is 19.3. The molecule has 0 saturated carbocycles. The van der Waals surface area contributed by atoms with Gasteiger partial charge in [0.05, 0.1) is 0 Å². The third-order valence-corrected chi connectivity index (χ3v) is 13.8. The summed E-state index contributed by atoms with van der Waals surface area (Å²) in [7, 11) is 0. The van der Waals surface area contributed by atoms with E-state index in [0.717, 1.165) is 34.1 Å². The first-order valence-corrected chi connectivity index (χ1v) is 24.6. The molecule has 0 amide bonds. The van der Waals surface area contributed by atoms with Crippen molar-refractivity contribution in [1.29, 1.82) is 0 Å². The van der Waals surface area contributed by atoms with Gasteiger partial charge in [0.15, 0.2) is 0 Å². The molecule has 11 aromatic carbocycles. The van der Waals surface area contributed by atoms with Crippen LogP contribution in [0.4, 0.5) is 34.1 Å². The summed E-state index contributed by atoms with van der Waals surface area (Å²) < 4.78 is 0. The molecule has 2 nitrogen and oxygen atoms in total. The van der Waals surface area contributed by atoms with E-state index in [9.17, 15) is 0 Å². The summed E-state index contributed by atoms with van der Waals surface area (Å²) in [5.41, 5.74) is 18.8. The zero-order chi connectivity index (χ0) is 47.6. The quantitative estimate of drug-likeness (QED) is 0.113. The summed E-state index contributed by atoms with van der Waals surface area (Å²) in [4.78, 5) is 4.85. The molecule has 0 radical (unpaired) electrons. The van der Waals surface area contributed by atoms with Crippen LogP contribution in [0.25, 0.3) is 66.1 Å². The maximum Gasteiger partial charge on any atom is 0.0468 e. The number of fused-ring (bicyclic) bond motifs is 2. The molecule has 2 heteroatoms. The van der Waals surface area contributed by atoms with E-state index in [1.165, 1.54) is 77.2 Å². The Labute approximate surface area is 413 Å². The smallest absolute Gasteiger partial charge is 0.0468 e. The molecular formula is C68H56N2. The van der Waals surface area contributed by atoms with E-state index < -0.39 is 0 Å². The fraction of sp³-hybridized carbons (Fsp3) is 0.0882. The van der Waals surface area contributed by atoms with Crippen molar-refractivity contribution < 1.29 is 0 Å². The lowest BCUT2D eigenvalue weighted by Crippen LogP contribution is -2.11. The summed E-state index contributed by atoms with van der Waals surface area (Å²) in [6, 6.07) is 93.7. The van der Waals surface area contributed by atoms with Crippen molar-refractivity contribution in [1.82, 2.24) is 0 Å². The maximum absolute atomic E-state index is 2.43. The highest BCUT2D eigenvalue weighted by Crippen LogP contribution is 2.49. The van der Waals surface area contributed by atoms with Gasteiger partial charge >= 0.3 is 0 Å². The largest absolute Gasteiger partial charge is 0.310 e. The molecule has 0 aromatic heterocycles. The minimum Gasteiger partial charge on any atom is -0.310 e. The van der Waals surface area contributed by atoms with Crippen molar-refractivity contribution in [3.63, 3.8) is 0 Å². The molecule has 0 saturated heterocycles. The monoisotopic (exact) mass is 900 g/mol. The highest BCUT2D eigenvalue weighted by molar-refractivity contribution is 6.22. The Morgan fingerprint density at radius 1 is 0.229 bits per heavy atom. The van der Waals surface area contributed by atoms with Crippen LogP contribution in [0.15, 0.2) is 255 Å². The number of benzene rings is 11. The molecule has 11 rings (SSSR count). The van der Waals surface area contributed by atoms with Crippen LogP contribution in [-0.4, -0.2) is 0 Å². The Balaban J connectivity index is 1.17. The fourth-order valence-electron chi connectivity index (χ4n) is 10.1. The first-order valence-electron chi connectivity index (χ1n) is 24.6. The van der Waals surface area contributed by atoms with Crippen LogP contribution >= 0.6 is 0 Å². The summed E-state index contributed by atoms with van der Waals surface area (Å²) in [6.07, 6.45) is 0. The van der Waals surface area contributed by atoms with Gasteiger partial charge in [0, 0.05) is 34.1 Å². The van der Waals surface area contributed by atoms with Crippen molar-refractivity contribution in [3.8, 4) is 44.5 Å². The van der Waals surface area contributed by atoms with Gasteiger partial charge in [-0.2, -0.15) is 0 Å². The Kier molecular flexibility index (Phi) is 12.1. The van der Waals surface area contributed by atoms with Crippen molar-refractivity contribution >= 4 is 55.7 Å². The number of nitrogens with zero attached hydrogens (tertiary/aromatic N) is 2. The maximum atomic E-state index is 2.43. The van der Waals surface area contributed by atoms with E-state index >= 15 is 0 Å². The first-order chi connectivity index (χ1) is 34.4. The molecule has 70 heavy (non-hydrogen) atoms. The van der Waals surface area contributed by atoms with Crippen molar-refractivity contribution in [2.24, 2.45) is 0 Å². The SMILES string of the molecule is CC(C)c1ccc(N(c2cccc(-c3ccccc3)c2)c2ccc3c(-c4ccccc4)c4cc(N(c5ccc(C(C)C)cc5)c5cccc(-c6ccccc6)c5)ccc4c(-c4ccccc4)c3c2)cc1. The predicted molar refractivity (Wildman–Crippen MR) is 301 cm³/mol. The molecule has 0 spiro atoms. The molecule has 11 aromatic rings. The number of anilines is 6. The molecule has 0 aliphatic heterocycles. The van der Waals surface area contributed by atoms with Crippen molar-refractivity contribution in [3.05, 3.63) is 266 Å². The third-order valence-electron chi connectivity index (χ3n) is 13.8. The first kappa shape index (κ1) is 44.1. The Morgan fingerprint density at radius 2 is 0.529 bits per heavy atom. The normalized spacial score (nSPS) is 11.4. The number of rotatable bonds is 12. The van der Waals surface area contributed by atoms with Gasteiger partial charge in [0.1, 0.15) is 0 Å². The second-order valence-electron chi connectivity index (χ2n) is 18.9. The van der Waals surface area contributed by atoms with Gasteiger partial charge in [-0.05, 0) is 162 Å². The zero-order valence-corrected chi connectivity index (χ0v) is 40.3. The topological polar surface area (TPSA) is 6.48 Å². The van der Waals surface area contributed by atoms with Crippen molar-refractivity contribution in [2.45, 2.75) is 39.5 Å². The van der Waals surface area contributed by atoms with Gasteiger partial charge in [-0.3, -0.25) is 0 Å². The van der Waals surface area contributed by atoms with Gasteiger partial charge in [-0.25, -0.2) is 0 Å². The van der Waals surface area contributed by atoms with E-state index in [1.54, 1.807) is 0 Å². The van der Waals surface area contributed by atoms with Crippen LogP contribution in [0.5, 0.6) is 0 Å². The lowest BCUT2D eigenvalue weighted by Gasteiger charge is -2.29. The summed E-state index contributed by atoms with van der Waals surface area (Å²) in [5, 5.41) is 4.79. The standard InChI is InChI=1S/C68H56N2/c1-47(2)49-31-35-57(36-32-49)69(59-29-17-27-55(43-59)51-19-9-5-10-20-51)61-39-41-63-65(45-61)67(53-23-13-7-14-24-53)64-42-40-62(46-66(64)68(63)54-25-15-8-16-26-54)70(58-37-33-50(34-38-58)48(3)4)60-30-18-28-56(44-60)52-21-11-6-12-22-52/h5-48H,1-4H3. The van der Waals surface area contributed by atoms with E-state index in [2.05, 4.69) is 292 Å². The Bertz CT molecular complexity index is 3320. The zero-order valence-electron chi connectivity index (χ0n) is 40.3. The van der Waals surface area contributed by atoms with Crippen LogP contribution in [0.1, 0.15) is 50.7 Å². The molecule has 0 unspecified atom stereocenters. The average Bonchev–Trinajstić information content (AvgIpc) is 3.42. The summed E-state index contributed by atoms with van der Waals surface area (Å²) in [6.45, 7) is 9.03. The predicted octanol–water partition coefficient (Wildman–Crippen LogP) is 19.8. The summed E-state index contributed by atoms with van der Waals surface area (Å²) >= 11 is 0. The lowest BCUT2D eigenvalue weighted by atomic mass is 9.85. The second-order valence-corrected chi connectivity index (χ2v) is 18.9. The highest BCUT2D eigenvalue weighted by Gasteiger charge is 2.23. The van der Waals surface area contributed by atoms with Crippen LogP contribution in [-0.2, 0) is 0 Å². The van der Waals surface area contributed by atoms with Gasteiger partial charge in [-0.1, -0.05) is 210 Å². The minimum absolute atomic E-state index is 0.431. The van der Waals surface area contributed by atoms with Crippen LogP contribution < -0.4 is 9.80 Å². The molecule has 0 fully saturated rings. The Hall–Kier alpha value is -8.46. The number of hydrogen-bond acceptors (Lipinski definition) is 2. The van der Waals surface area contributed by atoms with Crippen molar-refractivity contribution in [2.75, 3.05) is 9.80 Å². The molecule has 338 valence electrons. The molecular weight excluding hydrogens is 845 g/mol. The average molecular weight is 901 g/mol. The molecule has 0 bridgehead atoms. The van der Waals surface area contributed by atoms with Gasteiger partial charge < -0.3 is 9.80 Å². The molecule has 0 aliphatic rings. The van der Waals surface area contributed by atoms with Crippen LogP contribution in [0.3, 0.4) is 0 Å². The van der Waals surface area contributed by atoms with E-state index in [4.69, 9.17) is 0 Å². The molecule has 0 N–H and O–H groups in total. The van der Waals surface area contributed by atoms with Gasteiger partial charge in [0.25, 0.3) is 0 Å². The Morgan fingerprint density at radius 3 is 0.871 bits per heavy atom. The van der Waals surface area contributed by atoms with Crippen LogP contribution in [0, 0.1) is 0 Å². The van der Waals surface area contributed by atoms with Gasteiger partial charge in [0.2, 0.25) is 0 Å². The highest BCUT2D eigenvalue weighted by atomic mass is 15.1. The van der Waals surface area contributed by atoms with Gasteiger partial charge in [-0.15, -0.1) is 0 Å². The third kappa shape index (κ3) is 8.66. The lowest BCUT2D eigenvalue weighted by molar-refractivity contribution is 0.866. The fourth-order valence-corrected chi connectivity index (χ4v) is 10.1. The van der Waals surface area contributed by atoms with E-state index in [-0.39, 0.29) is 0 Å². The number of hydrogen-bond donors (Lipinski definition) is 0. The molecule has 0 atom stereocenters. The molecule has 0 heterocycles. The van der Waals surface area contributed by atoms with Crippen LogP contribution in [0.2, 0.25) is 0 Å². The minimum atomic E-state index is 0.431. The molecule has 0 aliphatic carbocycles. The summed E-state index contributed by atoms with van der Waals surface area (Å²) in [5.74, 6) is 0.861. The van der Waals surface area contributed by atoms with E-state index in [1.807, 2.05) is 0 Å². The van der Waals surface area contributed by atoms with E-state index in [0.29, 0.717) is 11.8 Å².